The molecule has 0 radical (unpaired) electrons. The molecule has 3 nitrogen and oxygen atoms in total. The van der Waals surface area contributed by atoms with Gasteiger partial charge in [0.05, 0.1) is 6.20 Å². The fourth-order valence-electron chi connectivity index (χ4n) is 1.60. The van der Waals surface area contributed by atoms with Crippen molar-refractivity contribution in [2.24, 2.45) is 0 Å². The van der Waals surface area contributed by atoms with E-state index >= 15 is 0 Å². The maximum Gasteiger partial charge on any atom is 0.213 e. The van der Waals surface area contributed by atoms with Gasteiger partial charge in [0.1, 0.15) is 5.69 Å². The minimum absolute atomic E-state index is 0.0643. The first-order valence-corrected chi connectivity index (χ1v) is 5.21. The minimum atomic E-state index is -0.0643. The van der Waals surface area contributed by atoms with Crippen LogP contribution in [0.2, 0.25) is 0 Å². The molecule has 3 heteroatoms. The van der Waals surface area contributed by atoms with Crippen LogP contribution in [0, 0.1) is 0 Å². The second-order valence-electron chi connectivity index (χ2n) is 3.43. The Labute approximate surface area is 94.2 Å². The van der Waals surface area contributed by atoms with Crippen molar-refractivity contribution in [2.45, 2.75) is 13.3 Å². The molecule has 2 rings (SSSR count). The van der Waals surface area contributed by atoms with Crippen LogP contribution in [0.15, 0.2) is 42.9 Å². The fourth-order valence-corrected chi connectivity index (χ4v) is 1.60. The zero-order valence-corrected chi connectivity index (χ0v) is 9.05. The normalized spacial score (nSPS) is 10.1. The monoisotopic (exact) mass is 212 g/mol. The largest absolute Gasteiger partial charge is 0.287 e. The van der Waals surface area contributed by atoms with Gasteiger partial charge in [0.2, 0.25) is 5.78 Å². The molecule has 2 aromatic rings. The molecule has 0 fully saturated rings. The van der Waals surface area contributed by atoms with Crippen LogP contribution >= 0.6 is 0 Å². The lowest BCUT2D eigenvalue weighted by molar-refractivity contribution is 0.103. The number of carbonyl (C=O) groups is 1. The van der Waals surface area contributed by atoms with Gasteiger partial charge < -0.3 is 0 Å². The lowest BCUT2D eigenvalue weighted by Gasteiger charge is -2.05. The molecule has 0 saturated carbocycles. The van der Waals surface area contributed by atoms with Crippen LogP contribution < -0.4 is 0 Å². The van der Waals surface area contributed by atoms with Crippen molar-refractivity contribution in [3.8, 4) is 0 Å². The van der Waals surface area contributed by atoms with Gasteiger partial charge in [-0.25, -0.2) is 4.98 Å². The van der Waals surface area contributed by atoms with Crippen LogP contribution in [0.1, 0.15) is 28.5 Å². The van der Waals surface area contributed by atoms with Gasteiger partial charge >= 0.3 is 0 Å². The predicted molar refractivity (Wildman–Crippen MR) is 61.3 cm³/mol. The van der Waals surface area contributed by atoms with E-state index in [2.05, 4.69) is 9.97 Å². The molecule has 0 amide bonds. The number of benzene rings is 1. The summed E-state index contributed by atoms with van der Waals surface area (Å²) in [7, 11) is 0. The van der Waals surface area contributed by atoms with Crippen LogP contribution in [0.25, 0.3) is 0 Å². The summed E-state index contributed by atoms with van der Waals surface area (Å²) >= 11 is 0. The first kappa shape index (κ1) is 10.5. The number of nitrogens with zero attached hydrogens (tertiary/aromatic N) is 2. The SMILES string of the molecule is CCc1ccccc1C(=O)c1cnccn1. The lowest BCUT2D eigenvalue weighted by atomic mass is 10.0. The Morgan fingerprint density at radius 1 is 1.25 bits per heavy atom. The number of hydrogen-bond acceptors (Lipinski definition) is 3. The highest BCUT2D eigenvalue weighted by atomic mass is 16.1. The molecule has 16 heavy (non-hydrogen) atoms. The molecule has 1 aromatic heterocycles. The predicted octanol–water partition coefficient (Wildman–Crippen LogP) is 2.27. The van der Waals surface area contributed by atoms with Crippen LogP contribution in [0.3, 0.4) is 0 Å². The summed E-state index contributed by atoms with van der Waals surface area (Å²) in [4.78, 5) is 20.0. The first-order valence-electron chi connectivity index (χ1n) is 5.21. The third-order valence-electron chi connectivity index (χ3n) is 2.44. The molecule has 0 bridgehead atoms. The summed E-state index contributed by atoms with van der Waals surface area (Å²) in [5.41, 5.74) is 2.15. The molecule has 80 valence electrons. The smallest absolute Gasteiger partial charge is 0.213 e. The Morgan fingerprint density at radius 3 is 2.75 bits per heavy atom. The summed E-state index contributed by atoms with van der Waals surface area (Å²) in [5, 5.41) is 0. The zero-order valence-electron chi connectivity index (χ0n) is 9.05. The van der Waals surface area contributed by atoms with E-state index in [1.54, 1.807) is 6.20 Å². The van der Waals surface area contributed by atoms with Gasteiger partial charge in [-0.1, -0.05) is 31.2 Å². The van der Waals surface area contributed by atoms with Crippen molar-refractivity contribution in [3.05, 3.63) is 59.7 Å². The molecule has 1 heterocycles. The molecule has 0 spiro atoms. The molecular formula is C13H12N2O. The van der Waals surface area contributed by atoms with Crippen LogP contribution in [-0.4, -0.2) is 15.8 Å². The minimum Gasteiger partial charge on any atom is -0.287 e. The molecule has 1 aromatic carbocycles. The summed E-state index contributed by atoms with van der Waals surface area (Å²) in [5.74, 6) is -0.0643. The molecule has 0 aliphatic heterocycles. The number of ketones is 1. The summed E-state index contributed by atoms with van der Waals surface area (Å²) in [6, 6.07) is 7.59. The van der Waals surface area contributed by atoms with E-state index in [0.717, 1.165) is 12.0 Å². The lowest BCUT2D eigenvalue weighted by Crippen LogP contribution is -2.07. The van der Waals surface area contributed by atoms with Gasteiger partial charge in [0.25, 0.3) is 0 Å². The van der Waals surface area contributed by atoms with Crippen molar-refractivity contribution in [3.63, 3.8) is 0 Å². The molecule has 0 saturated heterocycles. The van der Waals surface area contributed by atoms with E-state index in [1.165, 1.54) is 12.4 Å². The van der Waals surface area contributed by atoms with Crippen molar-refractivity contribution in [1.29, 1.82) is 0 Å². The van der Waals surface area contributed by atoms with E-state index in [-0.39, 0.29) is 5.78 Å². The zero-order chi connectivity index (χ0) is 11.4. The Balaban J connectivity index is 2.42. The highest BCUT2D eigenvalue weighted by Gasteiger charge is 2.13. The Bertz CT molecular complexity index is 494. The molecule has 0 aliphatic rings. The second kappa shape index (κ2) is 4.66. The topological polar surface area (TPSA) is 42.9 Å². The molecular weight excluding hydrogens is 200 g/mol. The maximum atomic E-state index is 12.1. The van der Waals surface area contributed by atoms with Crippen LogP contribution in [-0.2, 0) is 6.42 Å². The van der Waals surface area contributed by atoms with Gasteiger partial charge in [-0.3, -0.25) is 9.78 Å². The van der Waals surface area contributed by atoms with Crippen molar-refractivity contribution in [2.75, 3.05) is 0 Å². The van der Waals surface area contributed by atoms with E-state index in [4.69, 9.17) is 0 Å². The van der Waals surface area contributed by atoms with E-state index in [1.807, 2.05) is 31.2 Å². The average molecular weight is 212 g/mol. The highest BCUT2D eigenvalue weighted by Crippen LogP contribution is 2.13. The molecule has 0 N–H and O–H groups in total. The van der Waals surface area contributed by atoms with Gasteiger partial charge in [-0.05, 0) is 12.0 Å². The first-order chi connectivity index (χ1) is 7.83. The average Bonchev–Trinajstić information content (AvgIpc) is 2.39. The number of hydrogen-bond donors (Lipinski definition) is 0. The van der Waals surface area contributed by atoms with Crippen molar-refractivity contribution >= 4 is 5.78 Å². The van der Waals surface area contributed by atoms with Crippen LogP contribution in [0.5, 0.6) is 0 Å². The van der Waals surface area contributed by atoms with E-state index in [0.29, 0.717) is 11.3 Å². The Hall–Kier alpha value is -2.03. The van der Waals surface area contributed by atoms with E-state index < -0.39 is 0 Å². The summed E-state index contributed by atoms with van der Waals surface area (Å²) in [6.07, 6.45) is 5.42. The van der Waals surface area contributed by atoms with Crippen molar-refractivity contribution in [1.82, 2.24) is 9.97 Å². The van der Waals surface area contributed by atoms with Gasteiger partial charge in [0, 0.05) is 18.0 Å². The summed E-state index contributed by atoms with van der Waals surface area (Å²) in [6.45, 7) is 2.03. The standard InChI is InChI=1S/C13H12N2O/c1-2-10-5-3-4-6-11(10)13(16)12-9-14-7-8-15-12/h3-9H,2H2,1H3. The summed E-state index contributed by atoms with van der Waals surface area (Å²) < 4.78 is 0. The second-order valence-corrected chi connectivity index (χ2v) is 3.43. The number of aryl methyl sites for hydroxylation is 1. The molecule has 0 aliphatic carbocycles. The molecule has 0 atom stereocenters. The number of carbonyl (C=O) groups excluding carboxylic acids is 1. The van der Waals surface area contributed by atoms with Gasteiger partial charge in [-0.15, -0.1) is 0 Å². The van der Waals surface area contributed by atoms with E-state index in [9.17, 15) is 4.79 Å². The third-order valence-corrected chi connectivity index (χ3v) is 2.44. The maximum absolute atomic E-state index is 12.1. The molecule has 0 unspecified atom stereocenters. The van der Waals surface area contributed by atoms with Crippen molar-refractivity contribution < 1.29 is 4.79 Å². The number of aromatic nitrogens is 2. The Kier molecular flexibility index (Phi) is 3.05. The number of rotatable bonds is 3. The quantitative estimate of drug-likeness (QED) is 0.733. The Morgan fingerprint density at radius 2 is 2.06 bits per heavy atom. The highest BCUT2D eigenvalue weighted by molar-refractivity contribution is 6.08. The fraction of sp³-hybridized carbons (Fsp3) is 0.154. The third kappa shape index (κ3) is 1.98. The van der Waals surface area contributed by atoms with Crippen LogP contribution in [0.4, 0.5) is 0 Å². The van der Waals surface area contributed by atoms with Gasteiger partial charge in [0.15, 0.2) is 0 Å². The van der Waals surface area contributed by atoms with Gasteiger partial charge in [-0.2, -0.15) is 0 Å².